The molecule has 0 aromatic carbocycles. The summed E-state index contributed by atoms with van der Waals surface area (Å²) in [6, 6.07) is 1.43. The van der Waals surface area contributed by atoms with Crippen LogP contribution in [0, 0.1) is 5.92 Å². The molecule has 1 nitrogen and oxygen atoms in total. The minimum absolute atomic E-state index is 0.695. The van der Waals surface area contributed by atoms with Crippen molar-refractivity contribution in [1.29, 1.82) is 0 Å². The molecule has 1 unspecified atom stereocenters. The Hall–Kier alpha value is -0.0400. The maximum atomic E-state index is 3.67. The summed E-state index contributed by atoms with van der Waals surface area (Å²) in [5.74, 6) is 0.957. The maximum Gasteiger partial charge on any atom is 0.00694 e. The lowest BCUT2D eigenvalue weighted by Gasteiger charge is -2.24. The van der Waals surface area contributed by atoms with Crippen LogP contribution in [0.4, 0.5) is 0 Å². The summed E-state index contributed by atoms with van der Waals surface area (Å²) in [7, 11) is 0. The van der Waals surface area contributed by atoms with Gasteiger partial charge in [-0.25, -0.2) is 0 Å². The van der Waals surface area contributed by atoms with Crippen LogP contribution in [0.15, 0.2) is 0 Å². The fourth-order valence-electron chi connectivity index (χ4n) is 2.16. The van der Waals surface area contributed by atoms with Crippen LogP contribution >= 0.6 is 0 Å². The van der Waals surface area contributed by atoms with E-state index in [1.54, 1.807) is 0 Å². The van der Waals surface area contributed by atoms with Gasteiger partial charge in [-0.15, -0.1) is 0 Å². The highest BCUT2D eigenvalue weighted by Crippen LogP contribution is 2.27. The molecule has 1 N–H and O–H groups in total. The number of hydrogen-bond acceptors (Lipinski definition) is 1. The summed E-state index contributed by atoms with van der Waals surface area (Å²) in [5.41, 5.74) is 0. The molecule has 0 bridgehead atoms. The van der Waals surface area contributed by atoms with Crippen molar-refractivity contribution in [2.24, 2.45) is 5.92 Å². The molecule has 0 amide bonds. The zero-order valence-electron chi connectivity index (χ0n) is 8.77. The second kappa shape index (κ2) is 4.86. The number of rotatable bonds is 4. The van der Waals surface area contributed by atoms with Crippen LogP contribution in [0.2, 0.25) is 0 Å². The minimum atomic E-state index is 0.695. The molecule has 0 spiro atoms. The molecule has 0 radical (unpaired) electrons. The summed E-state index contributed by atoms with van der Waals surface area (Å²) in [6.45, 7) is 6.88. The van der Waals surface area contributed by atoms with E-state index in [0.717, 1.165) is 12.0 Å². The lowest BCUT2D eigenvalue weighted by Crippen LogP contribution is -2.38. The van der Waals surface area contributed by atoms with Crippen LogP contribution in [0.5, 0.6) is 0 Å². The highest BCUT2D eigenvalue weighted by molar-refractivity contribution is 4.78. The highest BCUT2D eigenvalue weighted by Gasteiger charge is 2.21. The van der Waals surface area contributed by atoms with Gasteiger partial charge < -0.3 is 5.32 Å². The second-order valence-corrected chi connectivity index (χ2v) is 4.31. The van der Waals surface area contributed by atoms with Crippen molar-refractivity contribution in [3.63, 3.8) is 0 Å². The molecule has 72 valence electrons. The summed E-state index contributed by atoms with van der Waals surface area (Å²) in [6.07, 6.45) is 7.06. The normalized spacial score (nSPS) is 24.2. The van der Waals surface area contributed by atoms with Crippen molar-refractivity contribution in [3.05, 3.63) is 0 Å². The third-order valence-electron chi connectivity index (χ3n) is 3.27. The first kappa shape index (κ1) is 10.0. The van der Waals surface area contributed by atoms with Crippen LogP contribution in [0.1, 0.15) is 52.9 Å². The van der Waals surface area contributed by atoms with E-state index in [9.17, 15) is 0 Å². The third-order valence-corrected chi connectivity index (χ3v) is 3.27. The van der Waals surface area contributed by atoms with Crippen molar-refractivity contribution in [2.75, 3.05) is 0 Å². The van der Waals surface area contributed by atoms with Crippen molar-refractivity contribution in [1.82, 2.24) is 5.32 Å². The molecule has 1 saturated carbocycles. The third kappa shape index (κ3) is 2.78. The molecule has 1 rings (SSSR count). The van der Waals surface area contributed by atoms with Gasteiger partial charge in [0.2, 0.25) is 0 Å². The van der Waals surface area contributed by atoms with Crippen molar-refractivity contribution < 1.29 is 0 Å². The molecule has 1 fully saturated rings. The molecule has 1 aliphatic rings. The van der Waals surface area contributed by atoms with Crippen LogP contribution in [-0.4, -0.2) is 12.1 Å². The molecule has 0 heterocycles. The van der Waals surface area contributed by atoms with Crippen LogP contribution in [-0.2, 0) is 0 Å². The average molecular weight is 169 g/mol. The molecule has 0 aromatic rings. The fraction of sp³-hybridized carbons (Fsp3) is 1.00. The summed E-state index contributed by atoms with van der Waals surface area (Å²) >= 11 is 0. The molecular weight excluding hydrogens is 146 g/mol. The van der Waals surface area contributed by atoms with Gasteiger partial charge >= 0.3 is 0 Å². The molecule has 0 aliphatic heterocycles. The minimum Gasteiger partial charge on any atom is -0.312 e. The first-order valence-corrected chi connectivity index (χ1v) is 5.50. The Morgan fingerprint density at radius 1 is 1.25 bits per heavy atom. The van der Waals surface area contributed by atoms with Crippen LogP contribution < -0.4 is 5.32 Å². The van der Waals surface area contributed by atoms with Gasteiger partial charge in [-0.3, -0.25) is 0 Å². The number of hydrogen-bond donors (Lipinski definition) is 1. The summed E-state index contributed by atoms with van der Waals surface area (Å²) in [5, 5.41) is 3.67. The van der Waals surface area contributed by atoms with Crippen molar-refractivity contribution >= 4 is 0 Å². The standard InChI is InChI=1S/C11H23N/c1-4-9(2)12-10(3)11-7-5-6-8-11/h9-12H,4-8H2,1-3H3/t9?,10-/m1/s1. The molecule has 2 atom stereocenters. The van der Waals surface area contributed by atoms with Crippen LogP contribution in [0.3, 0.4) is 0 Å². The predicted molar refractivity (Wildman–Crippen MR) is 54.3 cm³/mol. The van der Waals surface area contributed by atoms with Gasteiger partial charge in [0.05, 0.1) is 0 Å². The lowest BCUT2D eigenvalue weighted by atomic mass is 9.99. The first-order valence-electron chi connectivity index (χ1n) is 5.50. The lowest BCUT2D eigenvalue weighted by molar-refractivity contribution is 0.345. The Morgan fingerprint density at radius 3 is 2.33 bits per heavy atom. The van der Waals surface area contributed by atoms with Gasteiger partial charge in [0.1, 0.15) is 0 Å². The summed E-state index contributed by atoms with van der Waals surface area (Å²) in [4.78, 5) is 0. The monoisotopic (exact) mass is 169 g/mol. The van der Waals surface area contributed by atoms with Gasteiger partial charge in [0.15, 0.2) is 0 Å². The summed E-state index contributed by atoms with van der Waals surface area (Å²) < 4.78 is 0. The average Bonchev–Trinajstić information content (AvgIpc) is 2.56. The Bertz CT molecular complexity index is 116. The predicted octanol–water partition coefficient (Wildman–Crippen LogP) is 2.95. The van der Waals surface area contributed by atoms with E-state index >= 15 is 0 Å². The fourth-order valence-corrected chi connectivity index (χ4v) is 2.16. The van der Waals surface area contributed by atoms with E-state index in [4.69, 9.17) is 0 Å². The zero-order chi connectivity index (χ0) is 8.97. The van der Waals surface area contributed by atoms with E-state index < -0.39 is 0 Å². The zero-order valence-corrected chi connectivity index (χ0v) is 8.77. The molecular formula is C11H23N. The quantitative estimate of drug-likeness (QED) is 0.682. The van der Waals surface area contributed by atoms with E-state index in [0.29, 0.717) is 6.04 Å². The SMILES string of the molecule is CCC(C)N[C@H](C)C1CCCC1. The molecule has 0 saturated heterocycles. The molecule has 0 aromatic heterocycles. The number of nitrogens with one attached hydrogen (secondary N) is 1. The van der Waals surface area contributed by atoms with Crippen LogP contribution in [0.25, 0.3) is 0 Å². The van der Waals surface area contributed by atoms with Gasteiger partial charge in [0, 0.05) is 12.1 Å². The topological polar surface area (TPSA) is 12.0 Å². The smallest absolute Gasteiger partial charge is 0.00694 e. The van der Waals surface area contributed by atoms with Crippen molar-refractivity contribution in [3.8, 4) is 0 Å². The highest BCUT2D eigenvalue weighted by atomic mass is 14.9. The Morgan fingerprint density at radius 2 is 1.83 bits per heavy atom. The molecule has 12 heavy (non-hydrogen) atoms. The maximum absolute atomic E-state index is 3.67. The second-order valence-electron chi connectivity index (χ2n) is 4.31. The van der Waals surface area contributed by atoms with E-state index in [-0.39, 0.29) is 0 Å². The Labute approximate surface area is 76.9 Å². The van der Waals surface area contributed by atoms with E-state index in [2.05, 4.69) is 26.1 Å². The van der Waals surface area contributed by atoms with E-state index in [1.165, 1.54) is 32.1 Å². The molecule has 1 aliphatic carbocycles. The first-order chi connectivity index (χ1) is 5.74. The van der Waals surface area contributed by atoms with Gasteiger partial charge in [-0.05, 0) is 39.0 Å². The Kier molecular flexibility index (Phi) is 4.07. The largest absolute Gasteiger partial charge is 0.312 e. The van der Waals surface area contributed by atoms with E-state index in [1.807, 2.05) is 0 Å². The van der Waals surface area contributed by atoms with Crippen molar-refractivity contribution in [2.45, 2.75) is 65.0 Å². The Balaban J connectivity index is 2.21. The van der Waals surface area contributed by atoms with Gasteiger partial charge in [-0.1, -0.05) is 19.8 Å². The van der Waals surface area contributed by atoms with Gasteiger partial charge in [0.25, 0.3) is 0 Å². The molecule has 1 heteroatoms. The van der Waals surface area contributed by atoms with Gasteiger partial charge in [-0.2, -0.15) is 0 Å².